The lowest BCUT2D eigenvalue weighted by Gasteiger charge is -2.25. The van der Waals surface area contributed by atoms with Gasteiger partial charge in [-0.1, -0.05) is 30.3 Å². The molecule has 3 aromatic carbocycles. The van der Waals surface area contributed by atoms with Crippen molar-refractivity contribution in [1.82, 2.24) is 20.4 Å². The van der Waals surface area contributed by atoms with Crippen LogP contribution in [0.1, 0.15) is 43.4 Å². The average molecular weight is 496 g/mol. The van der Waals surface area contributed by atoms with Gasteiger partial charge in [-0.25, -0.2) is 0 Å². The number of likely N-dealkylation sites (N-methyl/N-ethyl adjacent to an activating group) is 1. The zero-order valence-corrected chi connectivity index (χ0v) is 20.6. The van der Waals surface area contributed by atoms with Gasteiger partial charge in [0.25, 0.3) is 11.8 Å². The van der Waals surface area contributed by atoms with Gasteiger partial charge in [0.2, 0.25) is 0 Å². The first-order valence-corrected chi connectivity index (χ1v) is 12.2. The van der Waals surface area contributed by atoms with E-state index in [-0.39, 0.29) is 18.4 Å². The van der Waals surface area contributed by atoms with Crippen LogP contribution in [0.3, 0.4) is 0 Å². The molecule has 2 heterocycles. The second-order valence-electron chi connectivity index (χ2n) is 9.31. The molecule has 0 aliphatic carbocycles. The molecule has 1 aliphatic rings. The van der Waals surface area contributed by atoms with Crippen LogP contribution in [0.5, 0.6) is 0 Å². The van der Waals surface area contributed by atoms with Crippen LogP contribution in [-0.4, -0.2) is 52.2 Å². The van der Waals surface area contributed by atoms with Crippen molar-refractivity contribution in [3.63, 3.8) is 0 Å². The molecule has 0 spiro atoms. The van der Waals surface area contributed by atoms with E-state index in [1.807, 2.05) is 30.3 Å². The number of hydrogen-bond donors (Lipinski definition) is 4. The van der Waals surface area contributed by atoms with Crippen molar-refractivity contribution in [2.75, 3.05) is 25.5 Å². The SMILES string of the molecule is CN1CCc2ccc(NC(=O)c3cccc([C@@H](CO)NC(=O)c4ccc(-c5ccn[nH]5)cc4)c3)cc2C1. The molecular formula is C29H29N5O3. The van der Waals surface area contributed by atoms with E-state index in [0.29, 0.717) is 16.7 Å². The summed E-state index contributed by atoms with van der Waals surface area (Å²) in [6.07, 6.45) is 2.67. The van der Waals surface area contributed by atoms with E-state index in [1.165, 1.54) is 11.1 Å². The zero-order valence-electron chi connectivity index (χ0n) is 20.6. The number of H-pyrrole nitrogens is 1. The first-order valence-electron chi connectivity index (χ1n) is 12.2. The zero-order chi connectivity index (χ0) is 25.8. The maximum absolute atomic E-state index is 13.0. The van der Waals surface area contributed by atoms with Crippen molar-refractivity contribution in [2.45, 2.75) is 19.0 Å². The summed E-state index contributed by atoms with van der Waals surface area (Å²) in [4.78, 5) is 28.1. The molecule has 8 heteroatoms. The Morgan fingerprint density at radius 3 is 2.59 bits per heavy atom. The number of nitrogens with zero attached hydrogens (tertiary/aromatic N) is 2. The van der Waals surface area contributed by atoms with Crippen LogP contribution < -0.4 is 10.6 Å². The van der Waals surface area contributed by atoms with Gasteiger partial charge in [0, 0.05) is 36.1 Å². The number of nitrogens with one attached hydrogen (secondary N) is 3. The van der Waals surface area contributed by atoms with Crippen molar-refractivity contribution in [3.05, 3.63) is 107 Å². The summed E-state index contributed by atoms with van der Waals surface area (Å²) in [7, 11) is 2.09. The van der Waals surface area contributed by atoms with Crippen LogP contribution in [0.2, 0.25) is 0 Å². The molecule has 188 valence electrons. The van der Waals surface area contributed by atoms with Gasteiger partial charge in [-0.15, -0.1) is 0 Å². The highest BCUT2D eigenvalue weighted by atomic mass is 16.3. The highest BCUT2D eigenvalue weighted by Crippen LogP contribution is 2.23. The molecule has 0 radical (unpaired) electrons. The number of anilines is 1. The van der Waals surface area contributed by atoms with Crippen LogP contribution in [-0.2, 0) is 13.0 Å². The largest absolute Gasteiger partial charge is 0.394 e. The standard InChI is InChI=1S/C29H29N5O3/c1-34-14-12-19-9-10-25(16-24(19)17-34)31-29(37)23-4-2-3-22(15-23)27(18-35)32-28(36)21-7-5-20(6-8-21)26-11-13-30-33-26/h2-11,13,15-16,27,35H,12,14,17-18H2,1H3,(H,30,33)(H,31,37)(H,32,36)/t27-/m1/s1. The number of aromatic amines is 1. The molecular weight excluding hydrogens is 466 g/mol. The van der Waals surface area contributed by atoms with Crippen molar-refractivity contribution in [1.29, 1.82) is 0 Å². The van der Waals surface area contributed by atoms with E-state index in [0.717, 1.165) is 36.5 Å². The van der Waals surface area contributed by atoms with Gasteiger partial charge >= 0.3 is 0 Å². The smallest absolute Gasteiger partial charge is 0.255 e. The minimum absolute atomic E-state index is 0.247. The maximum Gasteiger partial charge on any atom is 0.255 e. The fraction of sp³-hybridized carbons (Fsp3) is 0.207. The molecule has 5 rings (SSSR count). The van der Waals surface area contributed by atoms with Crippen LogP contribution >= 0.6 is 0 Å². The Hall–Kier alpha value is -4.27. The van der Waals surface area contributed by atoms with Crippen LogP contribution in [0, 0.1) is 0 Å². The fourth-order valence-corrected chi connectivity index (χ4v) is 4.57. The summed E-state index contributed by atoms with van der Waals surface area (Å²) < 4.78 is 0. The van der Waals surface area contributed by atoms with E-state index in [4.69, 9.17) is 0 Å². The van der Waals surface area contributed by atoms with Crippen LogP contribution in [0.15, 0.2) is 79.0 Å². The van der Waals surface area contributed by atoms with Gasteiger partial charge in [-0.05, 0) is 78.2 Å². The molecule has 1 aromatic heterocycles. The number of carbonyl (C=O) groups excluding carboxylic acids is 2. The Balaban J connectivity index is 1.26. The van der Waals surface area contributed by atoms with E-state index >= 15 is 0 Å². The molecule has 0 bridgehead atoms. The fourth-order valence-electron chi connectivity index (χ4n) is 4.57. The van der Waals surface area contributed by atoms with E-state index in [2.05, 4.69) is 38.8 Å². The molecule has 4 aromatic rings. The van der Waals surface area contributed by atoms with E-state index in [1.54, 1.807) is 42.6 Å². The molecule has 2 amide bonds. The molecule has 0 saturated heterocycles. The summed E-state index contributed by atoms with van der Waals surface area (Å²) in [5, 5.41) is 22.7. The number of hydrogen-bond acceptors (Lipinski definition) is 5. The number of aromatic nitrogens is 2. The lowest BCUT2D eigenvalue weighted by molar-refractivity contribution is 0.0916. The lowest BCUT2D eigenvalue weighted by Crippen LogP contribution is -2.31. The molecule has 4 N–H and O–H groups in total. The number of rotatable bonds is 7. The Labute approximate surface area is 215 Å². The van der Waals surface area contributed by atoms with Gasteiger partial charge in [-0.2, -0.15) is 5.10 Å². The first kappa shape index (κ1) is 24.4. The molecule has 0 fully saturated rings. The number of fused-ring (bicyclic) bond motifs is 1. The number of amides is 2. The maximum atomic E-state index is 13.0. The Kier molecular flexibility index (Phi) is 7.11. The number of aliphatic hydroxyl groups is 1. The summed E-state index contributed by atoms with van der Waals surface area (Å²) in [5.74, 6) is -0.563. The molecule has 8 nitrogen and oxygen atoms in total. The lowest BCUT2D eigenvalue weighted by atomic mass is 9.99. The quantitative estimate of drug-likeness (QED) is 0.312. The van der Waals surface area contributed by atoms with Crippen molar-refractivity contribution in [2.24, 2.45) is 0 Å². The highest BCUT2D eigenvalue weighted by molar-refractivity contribution is 6.04. The molecule has 1 atom stereocenters. The van der Waals surface area contributed by atoms with Crippen LogP contribution in [0.4, 0.5) is 5.69 Å². The molecule has 0 saturated carbocycles. The topological polar surface area (TPSA) is 110 Å². The van der Waals surface area contributed by atoms with Gasteiger partial charge in [0.15, 0.2) is 0 Å². The minimum atomic E-state index is -0.660. The number of aliphatic hydroxyl groups excluding tert-OH is 1. The van der Waals surface area contributed by atoms with E-state index in [9.17, 15) is 14.7 Å². The first-order chi connectivity index (χ1) is 18.0. The molecule has 0 unspecified atom stereocenters. The van der Waals surface area contributed by atoms with Gasteiger partial charge in [-0.3, -0.25) is 14.7 Å². The van der Waals surface area contributed by atoms with Crippen molar-refractivity contribution >= 4 is 17.5 Å². The van der Waals surface area contributed by atoms with Gasteiger partial charge < -0.3 is 20.6 Å². The predicted octanol–water partition coefficient (Wildman–Crippen LogP) is 3.78. The molecule has 37 heavy (non-hydrogen) atoms. The Morgan fingerprint density at radius 1 is 1.00 bits per heavy atom. The molecule has 1 aliphatic heterocycles. The monoisotopic (exact) mass is 495 g/mol. The predicted molar refractivity (Wildman–Crippen MR) is 142 cm³/mol. The summed E-state index contributed by atoms with van der Waals surface area (Å²) >= 11 is 0. The number of benzene rings is 3. The highest BCUT2D eigenvalue weighted by Gasteiger charge is 2.18. The average Bonchev–Trinajstić information content (AvgIpc) is 3.47. The van der Waals surface area contributed by atoms with Crippen molar-refractivity contribution < 1.29 is 14.7 Å². The third-order valence-corrected chi connectivity index (χ3v) is 6.67. The summed E-state index contributed by atoms with van der Waals surface area (Å²) in [5.41, 5.74) is 6.62. The summed E-state index contributed by atoms with van der Waals surface area (Å²) in [6.45, 7) is 1.59. The number of carbonyl (C=O) groups is 2. The van der Waals surface area contributed by atoms with Gasteiger partial charge in [0.05, 0.1) is 18.3 Å². The van der Waals surface area contributed by atoms with Crippen LogP contribution in [0.25, 0.3) is 11.3 Å². The normalized spacial score (nSPS) is 14.0. The third-order valence-electron chi connectivity index (χ3n) is 6.67. The minimum Gasteiger partial charge on any atom is -0.394 e. The van der Waals surface area contributed by atoms with Crippen molar-refractivity contribution in [3.8, 4) is 11.3 Å². The summed E-state index contributed by atoms with van der Waals surface area (Å²) in [6, 6.07) is 21.3. The van der Waals surface area contributed by atoms with E-state index < -0.39 is 6.04 Å². The second-order valence-corrected chi connectivity index (χ2v) is 9.31. The second kappa shape index (κ2) is 10.8. The Morgan fingerprint density at radius 2 is 1.84 bits per heavy atom. The van der Waals surface area contributed by atoms with Gasteiger partial charge in [0.1, 0.15) is 0 Å². The Bertz CT molecular complexity index is 1400. The third kappa shape index (κ3) is 5.61.